The second-order valence-corrected chi connectivity index (χ2v) is 10.9. The Kier molecular flexibility index (Phi) is 7.79. The zero-order chi connectivity index (χ0) is 26.0. The number of piperidine rings is 1. The Hall–Kier alpha value is -2.80. The van der Waals surface area contributed by atoms with E-state index in [0.29, 0.717) is 21.4 Å². The quantitative estimate of drug-likeness (QED) is 0.368. The molecule has 8 heteroatoms. The van der Waals surface area contributed by atoms with Crippen molar-refractivity contribution in [2.75, 3.05) is 13.1 Å². The number of nitrogens with zero attached hydrogens (tertiary/aromatic N) is 2. The van der Waals surface area contributed by atoms with Crippen LogP contribution in [0.1, 0.15) is 66.4 Å². The van der Waals surface area contributed by atoms with Gasteiger partial charge in [0.05, 0.1) is 16.8 Å². The highest BCUT2D eigenvalue weighted by Crippen LogP contribution is 2.37. The van der Waals surface area contributed by atoms with Crippen LogP contribution in [-0.4, -0.2) is 40.1 Å². The van der Waals surface area contributed by atoms with Crippen LogP contribution in [0, 0.1) is 6.92 Å². The zero-order valence-electron chi connectivity index (χ0n) is 21.0. The average molecular weight is 528 g/mol. The third-order valence-corrected chi connectivity index (χ3v) is 6.56. The van der Waals surface area contributed by atoms with Crippen LogP contribution in [0.15, 0.2) is 48.5 Å². The van der Waals surface area contributed by atoms with Crippen molar-refractivity contribution in [2.24, 2.45) is 0 Å². The van der Waals surface area contributed by atoms with Crippen LogP contribution in [-0.2, 0) is 4.74 Å². The minimum Gasteiger partial charge on any atom is -0.456 e. The number of carbonyl (C=O) groups excluding carboxylic acids is 2. The van der Waals surface area contributed by atoms with Gasteiger partial charge in [-0.15, -0.1) is 0 Å². The molecule has 1 aliphatic heterocycles. The molecule has 1 saturated heterocycles. The summed E-state index contributed by atoms with van der Waals surface area (Å²) >= 11 is 12.3. The summed E-state index contributed by atoms with van der Waals surface area (Å²) in [5.74, 6) is -0.898. The summed E-state index contributed by atoms with van der Waals surface area (Å²) in [7, 11) is 0. The van der Waals surface area contributed by atoms with Crippen LogP contribution in [0.25, 0.3) is 16.9 Å². The standard InChI is InChI=1S/C28H31Cl2N3O3/c1-18-23(26(34)31-32-16-6-5-7-17-32)24(27(35)36-28(2,3)4)25(19-8-10-20(29)11-9-19)33(18)22-14-12-21(30)13-15-22/h8-15H,5-7,16-17H2,1-4H3,(H,31,34). The Bertz CT molecular complexity index is 1250. The summed E-state index contributed by atoms with van der Waals surface area (Å²) in [6.07, 6.45) is 3.17. The van der Waals surface area contributed by atoms with E-state index in [2.05, 4.69) is 5.43 Å². The number of carbonyl (C=O) groups is 2. The molecule has 4 rings (SSSR count). The molecule has 36 heavy (non-hydrogen) atoms. The minimum atomic E-state index is -0.745. The lowest BCUT2D eigenvalue weighted by atomic mass is 10.0. The number of hydrogen-bond donors (Lipinski definition) is 1. The van der Waals surface area contributed by atoms with Crippen molar-refractivity contribution in [1.29, 1.82) is 0 Å². The average Bonchev–Trinajstić information content (AvgIpc) is 3.13. The lowest BCUT2D eigenvalue weighted by Crippen LogP contribution is -2.45. The molecule has 1 aromatic heterocycles. The van der Waals surface area contributed by atoms with E-state index in [0.717, 1.165) is 43.6 Å². The van der Waals surface area contributed by atoms with Crippen LogP contribution in [0.5, 0.6) is 0 Å². The maximum atomic E-state index is 13.7. The van der Waals surface area contributed by atoms with E-state index >= 15 is 0 Å². The van der Waals surface area contributed by atoms with Gasteiger partial charge < -0.3 is 9.30 Å². The molecule has 0 bridgehead atoms. The lowest BCUT2D eigenvalue weighted by Gasteiger charge is -2.27. The summed E-state index contributed by atoms with van der Waals surface area (Å²) in [5.41, 5.74) is 5.47. The fourth-order valence-corrected chi connectivity index (χ4v) is 4.75. The van der Waals surface area contributed by atoms with Crippen molar-refractivity contribution < 1.29 is 14.3 Å². The van der Waals surface area contributed by atoms with Gasteiger partial charge in [0, 0.05) is 34.5 Å². The molecule has 1 aliphatic rings. The highest BCUT2D eigenvalue weighted by atomic mass is 35.5. The van der Waals surface area contributed by atoms with Gasteiger partial charge in [0.25, 0.3) is 5.91 Å². The van der Waals surface area contributed by atoms with E-state index in [-0.39, 0.29) is 17.0 Å². The number of esters is 1. The van der Waals surface area contributed by atoms with E-state index in [9.17, 15) is 9.59 Å². The molecule has 1 fully saturated rings. The summed E-state index contributed by atoms with van der Waals surface area (Å²) in [4.78, 5) is 27.5. The van der Waals surface area contributed by atoms with E-state index in [1.54, 1.807) is 24.3 Å². The molecular formula is C28H31Cl2N3O3. The first-order chi connectivity index (χ1) is 17.0. The summed E-state index contributed by atoms with van der Waals surface area (Å²) in [5, 5.41) is 3.08. The Morgan fingerprint density at radius 3 is 1.97 bits per heavy atom. The first kappa shape index (κ1) is 26.3. The van der Waals surface area contributed by atoms with Gasteiger partial charge in [-0.3, -0.25) is 10.2 Å². The van der Waals surface area contributed by atoms with Crippen molar-refractivity contribution in [3.05, 3.63) is 75.4 Å². The molecule has 1 N–H and O–H groups in total. The highest BCUT2D eigenvalue weighted by Gasteiger charge is 2.34. The fourth-order valence-electron chi connectivity index (χ4n) is 4.50. The van der Waals surface area contributed by atoms with Crippen LogP contribution in [0.3, 0.4) is 0 Å². The predicted molar refractivity (Wildman–Crippen MR) is 144 cm³/mol. The fraction of sp³-hybridized carbons (Fsp3) is 0.357. The molecule has 0 unspecified atom stereocenters. The van der Waals surface area contributed by atoms with Crippen molar-refractivity contribution in [1.82, 2.24) is 15.0 Å². The maximum Gasteiger partial charge on any atom is 0.341 e. The minimum absolute atomic E-state index is 0.217. The van der Waals surface area contributed by atoms with E-state index in [1.807, 2.05) is 61.5 Å². The van der Waals surface area contributed by atoms with Crippen molar-refractivity contribution in [3.8, 4) is 16.9 Å². The van der Waals surface area contributed by atoms with Crippen LogP contribution in [0.4, 0.5) is 0 Å². The van der Waals surface area contributed by atoms with Crippen molar-refractivity contribution >= 4 is 35.1 Å². The molecule has 1 amide bonds. The molecule has 6 nitrogen and oxygen atoms in total. The summed E-state index contributed by atoms with van der Waals surface area (Å²) < 4.78 is 7.73. The highest BCUT2D eigenvalue weighted by molar-refractivity contribution is 6.31. The van der Waals surface area contributed by atoms with Gasteiger partial charge in [-0.2, -0.15) is 0 Å². The second kappa shape index (κ2) is 10.7. The van der Waals surface area contributed by atoms with Gasteiger partial charge in [-0.05, 0) is 82.5 Å². The number of benzene rings is 2. The van der Waals surface area contributed by atoms with Crippen LogP contribution in [0.2, 0.25) is 10.0 Å². The number of hydrogen-bond acceptors (Lipinski definition) is 4. The lowest BCUT2D eigenvalue weighted by molar-refractivity contribution is 0.00680. The molecule has 0 radical (unpaired) electrons. The smallest absolute Gasteiger partial charge is 0.341 e. The number of aromatic nitrogens is 1. The van der Waals surface area contributed by atoms with E-state index in [4.69, 9.17) is 27.9 Å². The Balaban J connectivity index is 1.96. The Labute approximate surface area is 222 Å². The van der Waals surface area contributed by atoms with E-state index in [1.165, 1.54) is 0 Å². The molecule has 3 aromatic rings. The molecule has 190 valence electrons. The van der Waals surface area contributed by atoms with Gasteiger partial charge in [0.15, 0.2) is 0 Å². The molecule has 0 aliphatic carbocycles. The monoisotopic (exact) mass is 527 g/mol. The SMILES string of the molecule is Cc1c(C(=O)NN2CCCCC2)c(C(=O)OC(C)(C)C)c(-c2ccc(Cl)cc2)n1-c1ccc(Cl)cc1. The van der Waals surface area contributed by atoms with Gasteiger partial charge in [-0.25, -0.2) is 9.80 Å². The number of halogens is 2. The van der Waals surface area contributed by atoms with E-state index < -0.39 is 11.6 Å². The van der Waals surface area contributed by atoms with Crippen LogP contribution >= 0.6 is 23.2 Å². The number of nitrogens with one attached hydrogen (secondary N) is 1. The van der Waals surface area contributed by atoms with Gasteiger partial charge in [0.2, 0.25) is 0 Å². The predicted octanol–water partition coefficient (Wildman–Crippen LogP) is 6.85. The molecule has 0 saturated carbocycles. The number of amides is 1. The molecule has 2 aromatic carbocycles. The number of ether oxygens (including phenoxy) is 1. The first-order valence-electron chi connectivity index (χ1n) is 12.1. The van der Waals surface area contributed by atoms with Gasteiger partial charge in [0.1, 0.15) is 5.60 Å². The normalized spacial score (nSPS) is 14.5. The van der Waals surface area contributed by atoms with Crippen LogP contribution < -0.4 is 5.43 Å². The number of hydrazine groups is 1. The largest absolute Gasteiger partial charge is 0.456 e. The van der Waals surface area contributed by atoms with Gasteiger partial charge in [-0.1, -0.05) is 41.8 Å². The molecule has 2 heterocycles. The molecular weight excluding hydrogens is 497 g/mol. The van der Waals surface area contributed by atoms with Crippen molar-refractivity contribution in [2.45, 2.75) is 52.6 Å². The second-order valence-electron chi connectivity index (χ2n) is 9.99. The van der Waals surface area contributed by atoms with Crippen molar-refractivity contribution in [3.63, 3.8) is 0 Å². The first-order valence-corrected chi connectivity index (χ1v) is 12.9. The molecule has 0 atom stereocenters. The molecule has 0 spiro atoms. The topological polar surface area (TPSA) is 63.6 Å². The Morgan fingerprint density at radius 2 is 1.42 bits per heavy atom. The third kappa shape index (κ3) is 5.77. The summed E-state index contributed by atoms with van der Waals surface area (Å²) in [6.45, 7) is 8.81. The third-order valence-electron chi connectivity index (χ3n) is 6.06. The number of rotatable bonds is 5. The zero-order valence-corrected chi connectivity index (χ0v) is 22.5. The Morgan fingerprint density at radius 1 is 0.861 bits per heavy atom. The summed E-state index contributed by atoms with van der Waals surface area (Å²) in [6, 6.07) is 14.5. The van der Waals surface area contributed by atoms with Gasteiger partial charge >= 0.3 is 5.97 Å². The maximum absolute atomic E-state index is 13.7.